The van der Waals surface area contributed by atoms with Crippen molar-refractivity contribution in [3.63, 3.8) is 0 Å². The normalized spacial score (nSPS) is 14.8. The Labute approximate surface area is 166 Å². The van der Waals surface area contributed by atoms with Crippen molar-refractivity contribution in [2.45, 2.75) is 59.2 Å². The average Bonchev–Trinajstić information content (AvgIpc) is 2.64. The van der Waals surface area contributed by atoms with Crippen LogP contribution in [-0.4, -0.2) is 48.6 Å². The lowest BCUT2D eigenvalue weighted by atomic mass is 10.2. The fourth-order valence-electron chi connectivity index (χ4n) is 2.81. The van der Waals surface area contributed by atoms with Crippen molar-refractivity contribution in [1.29, 1.82) is 0 Å². The summed E-state index contributed by atoms with van der Waals surface area (Å²) in [6.45, 7) is 11.9. The Balaban J connectivity index is 2.37. The van der Waals surface area contributed by atoms with Crippen LogP contribution in [0.15, 0.2) is 12.1 Å². The van der Waals surface area contributed by atoms with Gasteiger partial charge in [-0.15, -0.1) is 0 Å². The van der Waals surface area contributed by atoms with Gasteiger partial charge in [-0.1, -0.05) is 0 Å². The van der Waals surface area contributed by atoms with E-state index in [1.807, 2.05) is 11.9 Å². The van der Waals surface area contributed by atoms with Crippen LogP contribution < -0.4 is 15.1 Å². The zero-order valence-corrected chi connectivity index (χ0v) is 17.8. The zero-order valence-electron chi connectivity index (χ0n) is 17.8. The van der Waals surface area contributed by atoms with E-state index < -0.39 is 23.4 Å². The molecule has 1 heterocycles. The SMILES string of the molecule is CN1CCCN(C(=O)OC(C)(C)C)c2cc(O)c(NC(=O)OC(C)(C)C)cc21. The van der Waals surface area contributed by atoms with E-state index in [2.05, 4.69) is 5.32 Å². The van der Waals surface area contributed by atoms with Gasteiger partial charge in [-0.05, 0) is 54.0 Å². The lowest BCUT2D eigenvalue weighted by molar-refractivity contribution is 0.0578. The fraction of sp³-hybridized carbons (Fsp3) is 0.600. The molecule has 2 rings (SSSR count). The van der Waals surface area contributed by atoms with Crippen LogP contribution in [0.5, 0.6) is 5.75 Å². The predicted octanol–water partition coefficient (Wildman–Crippen LogP) is 4.32. The number of phenolic OH excluding ortho intramolecular Hbond substituents is 1. The second-order valence-corrected chi connectivity index (χ2v) is 8.89. The number of benzene rings is 1. The molecule has 0 unspecified atom stereocenters. The van der Waals surface area contributed by atoms with Gasteiger partial charge in [0.2, 0.25) is 0 Å². The van der Waals surface area contributed by atoms with E-state index in [-0.39, 0.29) is 11.4 Å². The number of aromatic hydroxyl groups is 1. The third kappa shape index (κ3) is 5.68. The second kappa shape index (κ2) is 7.77. The Morgan fingerprint density at radius 1 is 1.00 bits per heavy atom. The highest BCUT2D eigenvalue weighted by molar-refractivity contribution is 5.96. The summed E-state index contributed by atoms with van der Waals surface area (Å²) in [5, 5.41) is 13.0. The van der Waals surface area contributed by atoms with E-state index in [0.717, 1.165) is 6.42 Å². The minimum absolute atomic E-state index is 0.159. The Hall–Kier alpha value is -2.64. The molecule has 1 aliphatic rings. The first kappa shape index (κ1) is 21.7. The number of amides is 2. The quantitative estimate of drug-likeness (QED) is 0.691. The first-order valence-corrected chi connectivity index (χ1v) is 9.35. The molecule has 0 saturated heterocycles. The minimum atomic E-state index is -0.664. The number of hydrogen-bond acceptors (Lipinski definition) is 6. The topological polar surface area (TPSA) is 91.3 Å². The third-order valence-corrected chi connectivity index (χ3v) is 3.92. The molecule has 0 fully saturated rings. The highest BCUT2D eigenvalue weighted by Gasteiger charge is 2.29. The number of carbonyl (C=O) groups is 2. The summed E-state index contributed by atoms with van der Waals surface area (Å²) >= 11 is 0. The number of nitrogens with zero attached hydrogens (tertiary/aromatic N) is 2. The lowest BCUT2D eigenvalue weighted by Gasteiger charge is -2.28. The van der Waals surface area contributed by atoms with E-state index in [1.165, 1.54) is 11.0 Å². The van der Waals surface area contributed by atoms with Crippen LogP contribution in [0.25, 0.3) is 0 Å². The number of hydrogen-bond donors (Lipinski definition) is 2. The van der Waals surface area contributed by atoms with Crippen LogP contribution in [0.3, 0.4) is 0 Å². The van der Waals surface area contributed by atoms with Gasteiger partial charge in [0.15, 0.2) is 0 Å². The summed E-state index contributed by atoms with van der Waals surface area (Å²) in [5.74, 6) is -0.159. The van der Waals surface area contributed by atoms with Crippen LogP contribution in [0, 0.1) is 0 Å². The molecule has 2 N–H and O–H groups in total. The largest absolute Gasteiger partial charge is 0.506 e. The van der Waals surface area contributed by atoms with Crippen LogP contribution >= 0.6 is 0 Å². The minimum Gasteiger partial charge on any atom is -0.506 e. The second-order valence-electron chi connectivity index (χ2n) is 8.89. The Morgan fingerprint density at radius 3 is 2.18 bits per heavy atom. The number of phenols is 1. The van der Waals surface area contributed by atoms with Crippen molar-refractivity contribution in [2.24, 2.45) is 0 Å². The van der Waals surface area contributed by atoms with Gasteiger partial charge in [0.1, 0.15) is 17.0 Å². The van der Waals surface area contributed by atoms with Crippen LogP contribution in [0.4, 0.5) is 26.7 Å². The molecule has 0 spiro atoms. The monoisotopic (exact) mass is 393 g/mol. The van der Waals surface area contributed by atoms with E-state index in [9.17, 15) is 14.7 Å². The van der Waals surface area contributed by atoms with E-state index >= 15 is 0 Å². The average molecular weight is 393 g/mol. The standard InChI is InChI=1S/C20H31N3O5/c1-19(2,3)27-17(25)21-13-11-14-15(12-16(13)24)23(10-8-9-22(14)7)18(26)28-20(4,5)6/h11-12,24H,8-10H2,1-7H3,(H,21,25). The van der Waals surface area contributed by atoms with Crippen molar-refractivity contribution < 1.29 is 24.2 Å². The van der Waals surface area contributed by atoms with Gasteiger partial charge in [0.05, 0.1) is 17.1 Å². The molecule has 8 heteroatoms. The number of nitrogens with one attached hydrogen (secondary N) is 1. The van der Waals surface area contributed by atoms with Gasteiger partial charge < -0.3 is 19.5 Å². The van der Waals surface area contributed by atoms with Crippen molar-refractivity contribution in [2.75, 3.05) is 35.3 Å². The lowest BCUT2D eigenvalue weighted by Crippen LogP contribution is -2.37. The molecular formula is C20H31N3O5. The maximum atomic E-state index is 12.7. The van der Waals surface area contributed by atoms with E-state index in [4.69, 9.17) is 9.47 Å². The van der Waals surface area contributed by atoms with Gasteiger partial charge in [0, 0.05) is 26.2 Å². The molecule has 8 nitrogen and oxygen atoms in total. The molecule has 0 bridgehead atoms. The predicted molar refractivity (Wildman–Crippen MR) is 109 cm³/mol. The molecule has 28 heavy (non-hydrogen) atoms. The molecule has 0 atom stereocenters. The number of rotatable bonds is 1. The van der Waals surface area contributed by atoms with Crippen LogP contribution in [0.2, 0.25) is 0 Å². The molecule has 0 saturated carbocycles. The zero-order chi connectivity index (χ0) is 21.3. The molecule has 0 radical (unpaired) electrons. The van der Waals surface area contributed by atoms with Crippen molar-refractivity contribution in [3.05, 3.63) is 12.1 Å². The maximum absolute atomic E-state index is 12.7. The molecular weight excluding hydrogens is 362 g/mol. The Kier molecular flexibility index (Phi) is 6.01. The van der Waals surface area contributed by atoms with Crippen molar-refractivity contribution in [1.82, 2.24) is 0 Å². The molecule has 1 aromatic carbocycles. The summed E-state index contributed by atoms with van der Waals surface area (Å²) in [6.07, 6.45) is -0.403. The molecule has 156 valence electrons. The van der Waals surface area contributed by atoms with Crippen LogP contribution in [-0.2, 0) is 9.47 Å². The smallest absolute Gasteiger partial charge is 0.414 e. The van der Waals surface area contributed by atoms with Gasteiger partial charge >= 0.3 is 12.2 Å². The van der Waals surface area contributed by atoms with Crippen molar-refractivity contribution >= 4 is 29.2 Å². The first-order valence-electron chi connectivity index (χ1n) is 9.35. The van der Waals surface area contributed by atoms with Gasteiger partial charge in [-0.3, -0.25) is 10.2 Å². The summed E-state index contributed by atoms with van der Waals surface area (Å²) in [5.41, 5.74) is 0.158. The maximum Gasteiger partial charge on any atom is 0.414 e. The number of fused-ring (bicyclic) bond motifs is 1. The third-order valence-electron chi connectivity index (χ3n) is 3.92. The van der Waals surface area contributed by atoms with Gasteiger partial charge in [0.25, 0.3) is 0 Å². The summed E-state index contributed by atoms with van der Waals surface area (Å²) in [6, 6.07) is 3.10. The Morgan fingerprint density at radius 2 is 1.61 bits per heavy atom. The number of anilines is 3. The fourth-order valence-corrected chi connectivity index (χ4v) is 2.81. The molecule has 1 aromatic rings. The summed E-state index contributed by atoms with van der Waals surface area (Å²) in [7, 11) is 1.89. The number of carbonyl (C=O) groups excluding carboxylic acids is 2. The first-order chi connectivity index (χ1) is 12.8. The molecule has 0 aliphatic carbocycles. The summed E-state index contributed by atoms with van der Waals surface area (Å²) < 4.78 is 10.8. The van der Waals surface area contributed by atoms with Crippen LogP contribution in [0.1, 0.15) is 48.0 Å². The highest BCUT2D eigenvalue weighted by atomic mass is 16.6. The number of ether oxygens (including phenoxy) is 2. The van der Waals surface area contributed by atoms with E-state index in [0.29, 0.717) is 24.5 Å². The van der Waals surface area contributed by atoms with Gasteiger partial charge in [-0.2, -0.15) is 0 Å². The highest BCUT2D eigenvalue weighted by Crippen LogP contribution is 2.40. The molecule has 1 aliphatic heterocycles. The summed E-state index contributed by atoms with van der Waals surface area (Å²) in [4.78, 5) is 28.3. The van der Waals surface area contributed by atoms with E-state index in [1.54, 1.807) is 47.6 Å². The molecule has 2 amide bonds. The molecule has 0 aromatic heterocycles. The van der Waals surface area contributed by atoms with Crippen molar-refractivity contribution in [3.8, 4) is 5.75 Å². The van der Waals surface area contributed by atoms with Gasteiger partial charge in [-0.25, -0.2) is 9.59 Å². The Bertz CT molecular complexity index is 749.